The molecule has 0 aliphatic heterocycles. The van der Waals surface area contributed by atoms with Gasteiger partial charge in [0.1, 0.15) is 0 Å². The molecule has 1 fully saturated rings. The van der Waals surface area contributed by atoms with Gasteiger partial charge in [0, 0.05) is 12.9 Å². The highest BCUT2D eigenvalue weighted by Gasteiger charge is 2.35. The van der Waals surface area contributed by atoms with Crippen LogP contribution >= 0.6 is 11.8 Å². The lowest BCUT2D eigenvalue weighted by molar-refractivity contribution is -0.139. The van der Waals surface area contributed by atoms with Crippen LogP contribution in [0.25, 0.3) is 0 Å². The monoisotopic (exact) mass is 289 g/mol. The first-order valence-corrected chi connectivity index (χ1v) is 7.83. The van der Waals surface area contributed by atoms with Gasteiger partial charge in [-0.15, -0.1) is 11.8 Å². The van der Waals surface area contributed by atoms with Gasteiger partial charge in [0.2, 0.25) is 5.91 Å². The molecular weight excluding hydrogens is 266 g/mol. The lowest BCUT2D eigenvalue weighted by Gasteiger charge is -2.37. The molecule has 1 aliphatic carbocycles. The fourth-order valence-electron chi connectivity index (χ4n) is 2.50. The summed E-state index contributed by atoms with van der Waals surface area (Å²) in [4.78, 5) is 22.9. The number of thioether (sulfide) groups is 1. The van der Waals surface area contributed by atoms with Gasteiger partial charge in [0.05, 0.1) is 24.3 Å². The number of nitrogens with one attached hydrogen (secondary N) is 1. The van der Waals surface area contributed by atoms with Crippen molar-refractivity contribution in [2.24, 2.45) is 0 Å². The SMILES string of the molecule is COCCSCC(=O)NC1(CC(=O)O)CCCCC1. The Morgan fingerprint density at radius 1 is 1.32 bits per heavy atom. The van der Waals surface area contributed by atoms with Crippen molar-refractivity contribution in [1.82, 2.24) is 5.32 Å². The van der Waals surface area contributed by atoms with Crippen LogP contribution in [0.15, 0.2) is 0 Å². The number of hydrogen-bond donors (Lipinski definition) is 2. The highest BCUT2D eigenvalue weighted by molar-refractivity contribution is 7.99. The third-order valence-electron chi connectivity index (χ3n) is 3.37. The van der Waals surface area contributed by atoms with Crippen LogP contribution in [-0.2, 0) is 14.3 Å². The third kappa shape index (κ3) is 6.29. The number of aliphatic carboxylic acids is 1. The number of rotatable bonds is 8. The van der Waals surface area contributed by atoms with E-state index in [0.29, 0.717) is 12.4 Å². The minimum atomic E-state index is -0.839. The molecule has 5 nitrogen and oxygen atoms in total. The lowest BCUT2D eigenvalue weighted by atomic mass is 9.79. The fraction of sp³-hybridized carbons (Fsp3) is 0.846. The van der Waals surface area contributed by atoms with E-state index in [0.717, 1.165) is 37.9 Å². The van der Waals surface area contributed by atoms with E-state index >= 15 is 0 Å². The molecule has 110 valence electrons. The average molecular weight is 289 g/mol. The first-order valence-electron chi connectivity index (χ1n) is 6.67. The Hall–Kier alpha value is -0.750. The Morgan fingerprint density at radius 2 is 2.00 bits per heavy atom. The Balaban J connectivity index is 2.43. The number of carboxylic acid groups (broad SMARTS) is 1. The summed E-state index contributed by atoms with van der Waals surface area (Å²) in [5.74, 6) is 0.235. The molecule has 0 saturated heterocycles. The van der Waals surface area contributed by atoms with Gasteiger partial charge in [-0.2, -0.15) is 0 Å². The van der Waals surface area contributed by atoms with E-state index in [1.807, 2.05) is 0 Å². The van der Waals surface area contributed by atoms with E-state index in [9.17, 15) is 9.59 Å². The van der Waals surface area contributed by atoms with Crippen molar-refractivity contribution >= 4 is 23.6 Å². The Kier molecular flexibility index (Phi) is 7.23. The van der Waals surface area contributed by atoms with E-state index in [2.05, 4.69) is 5.32 Å². The number of methoxy groups -OCH3 is 1. The van der Waals surface area contributed by atoms with Gasteiger partial charge in [-0.1, -0.05) is 19.3 Å². The molecular formula is C13H23NO4S. The molecule has 2 N–H and O–H groups in total. The Bertz CT molecular complexity index is 303. The molecule has 0 heterocycles. The number of ether oxygens (including phenoxy) is 1. The molecule has 0 spiro atoms. The van der Waals surface area contributed by atoms with Gasteiger partial charge in [0.15, 0.2) is 0 Å². The van der Waals surface area contributed by atoms with Crippen molar-refractivity contribution in [1.29, 1.82) is 0 Å². The van der Waals surface area contributed by atoms with Gasteiger partial charge < -0.3 is 15.2 Å². The van der Waals surface area contributed by atoms with Gasteiger partial charge in [-0.05, 0) is 12.8 Å². The zero-order valence-corrected chi connectivity index (χ0v) is 12.3. The Labute approximate surface area is 118 Å². The molecule has 0 aromatic rings. The lowest BCUT2D eigenvalue weighted by Crippen LogP contribution is -2.51. The van der Waals surface area contributed by atoms with Crippen molar-refractivity contribution in [2.75, 3.05) is 25.2 Å². The highest BCUT2D eigenvalue weighted by Crippen LogP contribution is 2.31. The second kappa shape index (κ2) is 8.43. The Morgan fingerprint density at radius 3 is 2.58 bits per heavy atom. The van der Waals surface area contributed by atoms with E-state index < -0.39 is 11.5 Å². The van der Waals surface area contributed by atoms with Crippen LogP contribution < -0.4 is 5.32 Å². The maximum absolute atomic E-state index is 11.9. The van der Waals surface area contributed by atoms with Gasteiger partial charge in [-0.25, -0.2) is 0 Å². The molecule has 0 unspecified atom stereocenters. The summed E-state index contributed by atoms with van der Waals surface area (Å²) in [6, 6.07) is 0. The third-order valence-corrected chi connectivity index (χ3v) is 4.29. The van der Waals surface area contributed by atoms with Crippen LogP contribution in [0.3, 0.4) is 0 Å². The van der Waals surface area contributed by atoms with Crippen molar-refractivity contribution < 1.29 is 19.4 Å². The number of amides is 1. The van der Waals surface area contributed by atoms with Crippen LogP contribution in [0.5, 0.6) is 0 Å². The number of carboxylic acids is 1. The van der Waals surface area contributed by atoms with Crippen molar-refractivity contribution in [3.8, 4) is 0 Å². The standard InChI is InChI=1S/C13H23NO4S/c1-18-7-8-19-10-11(15)14-13(9-12(16)17)5-3-2-4-6-13/h2-10H2,1H3,(H,14,15)(H,16,17). The van der Waals surface area contributed by atoms with Crippen LogP contribution in [0.1, 0.15) is 38.5 Å². The zero-order chi connectivity index (χ0) is 14.1. The quantitative estimate of drug-likeness (QED) is 0.665. The van der Waals surface area contributed by atoms with Crippen LogP contribution in [0.2, 0.25) is 0 Å². The summed E-state index contributed by atoms with van der Waals surface area (Å²) in [6.07, 6.45) is 4.68. The predicted molar refractivity (Wildman–Crippen MR) is 75.4 cm³/mol. The van der Waals surface area contributed by atoms with Gasteiger partial charge in [-0.3, -0.25) is 9.59 Å². The second-order valence-electron chi connectivity index (χ2n) is 5.01. The van der Waals surface area contributed by atoms with Crippen molar-refractivity contribution in [3.05, 3.63) is 0 Å². The number of carbonyl (C=O) groups is 2. The van der Waals surface area contributed by atoms with Crippen LogP contribution in [0.4, 0.5) is 0 Å². The largest absolute Gasteiger partial charge is 0.481 e. The predicted octanol–water partition coefficient (Wildman–Crippen LogP) is 1.66. The van der Waals surface area contributed by atoms with E-state index in [-0.39, 0.29) is 12.3 Å². The van der Waals surface area contributed by atoms with Gasteiger partial charge in [0.25, 0.3) is 0 Å². The highest BCUT2D eigenvalue weighted by atomic mass is 32.2. The van der Waals surface area contributed by atoms with Crippen LogP contribution in [-0.4, -0.2) is 47.7 Å². The molecule has 1 aliphatic rings. The second-order valence-corrected chi connectivity index (χ2v) is 6.11. The first-order chi connectivity index (χ1) is 9.08. The molecule has 19 heavy (non-hydrogen) atoms. The molecule has 0 bridgehead atoms. The number of carbonyl (C=O) groups excluding carboxylic acids is 1. The maximum Gasteiger partial charge on any atom is 0.305 e. The fourth-order valence-corrected chi connectivity index (χ4v) is 3.19. The summed E-state index contributed by atoms with van der Waals surface area (Å²) >= 11 is 1.51. The van der Waals surface area contributed by atoms with Crippen molar-refractivity contribution in [2.45, 2.75) is 44.1 Å². The van der Waals surface area contributed by atoms with E-state index in [4.69, 9.17) is 9.84 Å². The zero-order valence-electron chi connectivity index (χ0n) is 11.4. The van der Waals surface area contributed by atoms with E-state index in [1.54, 1.807) is 7.11 Å². The number of hydrogen-bond acceptors (Lipinski definition) is 4. The molecule has 1 saturated carbocycles. The average Bonchev–Trinajstić information content (AvgIpc) is 2.34. The molecule has 1 amide bonds. The summed E-state index contributed by atoms with van der Waals surface area (Å²) in [7, 11) is 1.63. The maximum atomic E-state index is 11.9. The summed E-state index contributed by atoms with van der Waals surface area (Å²) in [6.45, 7) is 0.623. The van der Waals surface area contributed by atoms with Crippen molar-refractivity contribution in [3.63, 3.8) is 0 Å². The molecule has 1 rings (SSSR count). The minimum Gasteiger partial charge on any atom is -0.481 e. The normalized spacial score (nSPS) is 17.9. The summed E-state index contributed by atoms with van der Waals surface area (Å²) in [5.41, 5.74) is -0.525. The molecule has 0 aromatic carbocycles. The molecule has 0 radical (unpaired) electrons. The first kappa shape index (κ1) is 16.3. The van der Waals surface area contributed by atoms with Crippen LogP contribution in [0, 0.1) is 0 Å². The topological polar surface area (TPSA) is 75.6 Å². The van der Waals surface area contributed by atoms with Gasteiger partial charge >= 0.3 is 5.97 Å². The molecule has 0 atom stereocenters. The summed E-state index contributed by atoms with van der Waals surface area (Å²) < 4.78 is 4.92. The van der Waals surface area contributed by atoms with E-state index in [1.165, 1.54) is 11.8 Å². The smallest absolute Gasteiger partial charge is 0.305 e. The minimum absolute atomic E-state index is 0.0292. The summed E-state index contributed by atoms with van der Waals surface area (Å²) in [5, 5.41) is 12.0. The molecule has 6 heteroatoms. The molecule has 0 aromatic heterocycles.